The highest BCUT2D eigenvalue weighted by Crippen LogP contribution is 2.23. The maximum absolute atomic E-state index is 11.9. The lowest BCUT2D eigenvalue weighted by Gasteiger charge is -2.22. The van der Waals surface area contributed by atoms with E-state index in [1.54, 1.807) is 12.1 Å². The van der Waals surface area contributed by atoms with E-state index in [0.29, 0.717) is 11.7 Å². The molecule has 2 rings (SSSR count). The topological polar surface area (TPSA) is 42.2 Å². The molecule has 1 aromatic heterocycles. The summed E-state index contributed by atoms with van der Waals surface area (Å²) in [5, 5.41) is 3.30. The van der Waals surface area contributed by atoms with Crippen LogP contribution in [0.2, 0.25) is 5.22 Å². The lowest BCUT2D eigenvalue weighted by molar-refractivity contribution is 0.0893. The monoisotopic (exact) mass is 255 g/mol. The molecule has 2 atom stereocenters. The molecule has 0 saturated heterocycles. The molecule has 0 spiro atoms. The molecule has 1 aliphatic carbocycles. The van der Waals surface area contributed by atoms with E-state index < -0.39 is 0 Å². The second-order valence-corrected chi connectivity index (χ2v) is 5.17. The number of carbonyl (C=O) groups is 1. The number of hydrogen-bond donors (Lipinski definition) is 1. The average molecular weight is 256 g/mol. The van der Waals surface area contributed by atoms with Crippen molar-refractivity contribution in [2.24, 2.45) is 5.92 Å². The molecule has 1 aromatic rings. The second kappa shape index (κ2) is 5.58. The fourth-order valence-corrected chi connectivity index (χ4v) is 2.53. The standard InChI is InChI=1S/C13H18ClNO2/c1-9-5-3-2-4-6-10(9)15-13(16)11-7-8-12(14)17-11/h7-10H,2-6H2,1H3,(H,15,16). The predicted octanol–water partition coefficient (Wildman–Crippen LogP) is 3.63. The Morgan fingerprint density at radius 1 is 1.35 bits per heavy atom. The summed E-state index contributed by atoms with van der Waals surface area (Å²) in [4.78, 5) is 11.9. The molecule has 1 heterocycles. The summed E-state index contributed by atoms with van der Waals surface area (Å²) in [5.74, 6) is 0.675. The van der Waals surface area contributed by atoms with Crippen LogP contribution in [0.4, 0.5) is 0 Å². The normalized spacial score (nSPS) is 25.3. The van der Waals surface area contributed by atoms with E-state index in [0.717, 1.165) is 6.42 Å². The van der Waals surface area contributed by atoms with Gasteiger partial charge in [0.2, 0.25) is 0 Å². The summed E-state index contributed by atoms with van der Waals surface area (Å²) in [6.07, 6.45) is 5.96. The second-order valence-electron chi connectivity index (χ2n) is 4.80. The molecule has 17 heavy (non-hydrogen) atoms. The summed E-state index contributed by atoms with van der Waals surface area (Å²) in [5.41, 5.74) is 0. The van der Waals surface area contributed by atoms with Gasteiger partial charge in [0.1, 0.15) is 0 Å². The first-order valence-electron chi connectivity index (χ1n) is 6.23. The van der Waals surface area contributed by atoms with Gasteiger partial charge in [-0.2, -0.15) is 0 Å². The van der Waals surface area contributed by atoms with Crippen LogP contribution in [0.3, 0.4) is 0 Å². The first kappa shape index (κ1) is 12.5. The molecule has 3 nitrogen and oxygen atoms in total. The van der Waals surface area contributed by atoms with Gasteiger partial charge in [0.25, 0.3) is 5.91 Å². The minimum Gasteiger partial charge on any atom is -0.440 e. The van der Waals surface area contributed by atoms with Crippen LogP contribution >= 0.6 is 11.6 Å². The molecule has 4 heteroatoms. The van der Waals surface area contributed by atoms with Crippen LogP contribution in [-0.2, 0) is 0 Å². The fraction of sp³-hybridized carbons (Fsp3) is 0.615. The minimum absolute atomic E-state index is 0.157. The quantitative estimate of drug-likeness (QED) is 0.820. The molecule has 0 bridgehead atoms. The van der Waals surface area contributed by atoms with Gasteiger partial charge in [0, 0.05) is 6.04 Å². The summed E-state index contributed by atoms with van der Waals surface area (Å²) in [7, 11) is 0. The molecular weight excluding hydrogens is 238 g/mol. The Kier molecular flexibility index (Phi) is 4.11. The third-order valence-corrected chi connectivity index (χ3v) is 3.68. The van der Waals surface area contributed by atoms with Crippen molar-refractivity contribution in [3.8, 4) is 0 Å². The number of carbonyl (C=O) groups excluding carboxylic acids is 1. The molecule has 1 fully saturated rings. The number of hydrogen-bond acceptors (Lipinski definition) is 2. The third-order valence-electron chi connectivity index (χ3n) is 3.47. The molecule has 1 N–H and O–H groups in total. The van der Waals surface area contributed by atoms with Crippen LogP contribution in [-0.4, -0.2) is 11.9 Å². The highest BCUT2D eigenvalue weighted by Gasteiger charge is 2.23. The zero-order valence-electron chi connectivity index (χ0n) is 10.0. The van der Waals surface area contributed by atoms with Crippen molar-refractivity contribution in [2.75, 3.05) is 0 Å². The number of furan rings is 1. The first-order chi connectivity index (χ1) is 8.16. The number of rotatable bonds is 2. The third kappa shape index (κ3) is 3.25. The Bertz CT molecular complexity index is 389. The molecule has 0 aliphatic heterocycles. The van der Waals surface area contributed by atoms with Crippen LogP contribution < -0.4 is 5.32 Å². The van der Waals surface area contributed by atoms with Gasteiger partial charge in [-0.15, -0.1) is 0 Å². The van der Waals surface area contributed by atoms with E-state index in [1.165, 1.54) is 25.7 Å². The van der Waals surface area contributed by atoms with Gasteiger partial charge < -0.3 is 9.73 Å². The molecule has 1 saturated carbocycles. The van der Waals surface area contributed by atoms with Gasteiger partial charge in [-0.3, -0.25) is 4.79 Å². The van der Waals surface area contributed by atoms with E-state index >= 15 is 0 Å². The van der Waals surface area contributed by atoms with Crippen LogP contribution in [0.1, 0.15) is 49.6 Å². The number of nitrogens with one attached hydrogen (secondary N) is 1. The van der Waals surface area contributed by atoms with E-state index in [2.05, 4.69) is 12.2 Å². The van der Waals surface area contributed by atoms with Gasteiger partial charge >= 0.3 is 0 Å². The highest BCUT2D eigenvalue weighted by molar-refractivity contribution is 6.29. The lowest BCUT2D eigenvalue weighted by Crippen LogP contribution is -2.38. The number of halogens is 1. The van der Waals surface area contributed by atoms with Gasteiger partial charge in [0.05, 0.1) is 0 Å². The molecular formula is C13H18ClNO2. The van der Waals surface area contributed by atoms with Crippen molar-refractivity contribution >= 4 is 17.5 Å². The molecule has 0 aromatic carbocycles. The van der Waals surface area contributed by atoms with Gasteiger partial charge in [-0.1, -0.05) is 26.2 Å². The van der Waals surface area contributed by atoms with E-state index in [-0.39, 0.29) is 17.2 Å². The smallest absolute Gasteiger partial charge is 0.287 e. The zero-order chi connectivity index (χ0) is 12.3. The van der Waals surface area contributed by atoms with E-state index in [4.69, 9.17) is 16.0 Å². The Morgan fingerprint density at radius 3 is 2.82 bits per heavy atom. The Labute approximate surface area is 107 Å². The van der Waals surface area contributed by atoms with Crippen LogP contribution in [0.5, 0.6) is 0 Å². The summed E-state index contributed by atoms with van der Waals surface area (Å²) in [6, 6.07) is 3.46. The van der Waals surface area contributed by atoms with Crippen molar-refractivity contribution in [3.63, 3.8) is 0 Å². The average Bonchev–Trinajstić information content (AvgIpc) is 2.63. The van der Waals surface area contributed by atoms with Crippen LogP contribution in [0.25, 0.3) is 0 Å². The molecule has 1 amide bonds. The Hall–Kier alpha value is -0.960. The van der Waals surface area contributed by atoms with Gasteiger partial charge in [-0.25, -0.2) is 0 Å². The number of amides is 1. The lowest BCUT2D eigenvalue weighted by atomic mass is 9.97. The molecule has 2 unspecified atom stereocenters. The molecule has 1 aliphatic rings. The molecule has 94 valence electrons. The van der Waals surface area contributed by atoms with Crippen molar-refractivity contribution in [3.05, 3.63) is 23.1 Å². The first-order valence-corrected chi connectivity index (χ1v) is 6.61. The highest BCUT2D eigenvalue weighted by atomic mass is 35.5. The van der Waals surface area contributed by atoms with E-state index in [1.807, 2.05) is 0 Å². The van der Waals surface area contributed by atoms with Crippen molar-refractivity contribution in [1.82, 2.24) is 5.32 Å². The van der Waals surface area contributed by atoms with Crippen molar-refractivity contribution in [1.29, 1.82) is 0 Å². The fourth-order valence-electron chi connectivity index (χ4n) is 2.38. The Balaban J connectivity index is 1.97. The largest absolute Gasteiger partial charge is 0.440 e. The maximum atomic E-state index is 11.9. The van der Waals surface area contributed by atoms with Crippen molar-refractivity contribution in [2.45, 2.75) is 45.1 Å². The summed E-state index contributed by atoms with van der Waals surface area (Å²) < 4.78 is 5.11. The maximum Gasteiger partial charge on any atom is 0.287 e. The zero-order valence-corrected chi connectivity index (χ0v) is 10.8. The summed E-state index contributed by atoms with van der Waals surface area (Å²) >= 11 is 5.66. The van der Waals surface area contributed by atoms with Crippen molar-refractivity contribution < 1.29 is 9.21 Å². The van der Waals surface area contributed by atoms with Crippen LogP contribution in [0, 0.1) is 5.92 Å². The minimum atomic E-state index is -0.157. The van der Waals surface area contributed by atoms with Gasteiger partial charge in [-0.05, 0) is 42.5 Å². The van der Waals surface area contributed by atoms with Gasteiger partial charge in [0.15, 0.2) is 11.0 Å². The van der Waals surface area contributed by atoms with E-state index in [9.17, 15) is 4.79 Å². The van der Waals surface area contributed by atoms with Crippen LogP contribution in [0.15, 0.2) is 16.5 Å². The Morgan fingerprint density at radius 2 is 2.12 bits per heavy atom. The SMILES string of the molecule is CC1CCCCCC1NC(=O)c1ccc(Cl)o1. The molecule has 0 radical (unpaired) electrons. The summed E-state index contributed by atoms with van der Waals surface area (Å²) in [6.45, 7) is 2.20. The predicted molar refractivity (Wildman–Crippen MR) is 67.2 cm³/mol.